The maximum absolute atomic E-state index is 13.3. The van der Waals surface area contributed by atoms with Crippen molar-refractivity contribution in [1.29, 1.82) is 0 Å². The third kappa shape index (κ3) is 5.09. The average molecular weight is 510 g/mol. The number of hydrogen-bond donors (Lipinski definition) is 1. The Balaban J connectivity index is 1.75. The summed E-state index contributed by atoms with van der Waals surface area (Å²) in [7, 11) is -3.99. The van der Waals surface area contributed by atoms with E-state index in [1.54, 1.807) is 6.07 Å². The largest absolute Gasteiger partial charge is 0.493 e. The highest BCUT2D eigenvalue weighted by Gasteiger charge is 2.39. The first kappa shape index (κ1) is 24.9. The van der Waals surface area contributed by atoms with E-state index in [0.717, 1.165) is 12.1 Å². The van der Waals surface area contributed by atoms with E-state index in [0.29, 0.717) is 28.9 Å². The fourth-order valence-corrected chi connectivity index (χ4v) is 5.36. The standard InChI is InChI=1S/C24H23F4N3O3S/c1-23(19-8-6-17(24(26,27)28)14-16(19)4-2-11-25)10-13-34-21-15-18(7-9-20(21)23)35(32,33)31-22-5-3-12-29-30-22/h3,5-9,12,14-15H,2,4,10-11,13H2,1H3,(H,30,31)/t23-/m0/s1. The molecule has 6 nitrogen and oxygen atoms in total. The molecule has 0 amide bonds. The molecule has 0 radical (unpaired) electrons. The third-order valence-corrected chi connectivity index (χ3v) is 7.49. The number of anilines is 1. The number of benzene rings is 2. The summed E-state index contributed by atoms with van der Waals surface area (Å²) in [5, 5.41) is 7.36. The number of ether oxygens (including phenoxy) is 1. The summed E-state index contributed by atoms with van der Waals surface area (Å²) in [6, 6.07) is 10.9. The molecule has 4 rings (SSSR count). The number of aryl methyl sites for hydroxylation is 1. The molecule has 2 aromatic carbocycles. The molecule has 1 aliphatic rings. The zero-order chi connectivity index (χ0) is 25.3. The number of sulfonamides is 1. The Morgan fingerprint density at radius 1 is 1.11 bits per heavy atom. The summed E-state index contributed by atoms with van der Waals surface area (Å²) in [5.41, 5.74) is 0.140. The molecule has 0 aliphatic carbocycles. The molecule has 1 aromatic heterocycles. The van der Waals surface area contributed by atoms with E-state index in [2.05, 4.69) is 14.9 Å². The molecule has 3 aromatic rings. The predicted octanol–water partition coefficient (Wildman–Crippen LogP) is 5.29. The van der Waals surface area contributed by atoms with Crippen LogP contribution in [0.3, 0.4) is 0 Å². The van der Waals surface area contributed by atoms with Crippen molar-refractivity contribution in [3.8, 4) is 5.75 Å². The molecule has 0 saturated carbocycles. The van der Waals surface area contributed by atoms with Gasteiger partial charge in [0.25, 0.3) is 10.0 Å². The fourth-order valence-electron chi connectivity index (χ4n) is 4.35. The van der Waals surface area contributed by atoms with E-state index in [1.807, 2.05) is 6.92 Å². The minimum Gasteiger partial charge on any atom is -0.493 e. The lowest BCUT2D eigenvalue weighted by atomic mass is 9.70. The van der Waals surface area contributed by atoms with Gasteiger partial charge in [0, 0.05) is 23.2 Å². The van der Waals surface area contributed by atoms with E-state index < -0.39 is 33.9 Å². The highest BCUT2D eigenvalue weighted by Crippen LogP contribution is 2.46. The minimum atomic E-state index is -4.52. The quantitative estimate of drug-likeness (QED) is 0.438. The van der Waals surface area contributed by atoms with E-state index >= 15 is 0 Å². The second-order valence-electron chi connectivity index (χ2n) is 8.47. The van der Waals surface area contributed by atoms with Gasteiger partial charge in [0.15, 0.2) is 5.82 Å². The van der Waals surface area contributed by atoms with E-state index in [9.17, 15) is 26.0 Å². The molecule has 0 unspecified atom stereocenters. The van der Waals surface area contributed by atoms with Crippen LogP contribution in [0.4, 0.5) is 23.4 Å². The van der Waals surface area contributed by atoms with Crippen LogP contribution in [0.5, 0.6) is 5.75 Å². The smallest absolute Gasteiger partial charge is 0.416 e. The summed E-state index contributed by atoms with van der Waals surface area (Å²) in [6.45, 7) is 1.46. The van der Waals surface area contributed by atoms with Gasteiger partial charge in [-0.05, 0) is 60.7 Å². The molecule has 1 N–H and O–H groups in total. The van der Waals surface area contributed by atoms with Crippen LogP contribution in [-0.2, 0) is 28.0 Å². The zero-order valence-electron chi connectivity index (χ0n) is 18.8. The van der Waals surface area contributed by atoms with Gasteiger partial charge in [-0.1, -0.05) is 19.1 Å². The first-order chi connectivity index (χ1) is 16.5. The number of nitrogens with zero attached hydrogens (tertiary/aromatic N) is 2. The molecule has 0 saturated heterocycles. The summed E-state index contributed by atoms with van der Waals surface area (Å²) in [5.74, 6) is 0.371. The Labute approximate surface area is 200 Å². The van der Waals surface area contributed by atoms with Crippen LogP contribution in [0.15, 0.2) is 59.6 Å². The van der Waals surface area contributed by atoms with Crippen molar-refractivity contribution >= 4 is 15.8 Å². The van der Waals surface area contributed by atoms with Gasteiger partial charge in [-0.3, -0.25) is 9.11 Å². The van der Waals surface area contributed by atoms with Gasteiger partial charge in [0.2, 0.25) is 0 Å². The Hall–Kier alpha value is -3.21. The van der Waals surface area contributed by atoms with Crippen molar-refractivity contribution in [1.82, 2.24) is 10.2 Å². The van der Waals surface area contributed by atoms with Crippen molar-refractivity contribution in [2.24, 2.45) is 0 Å². The van der Waals surface area contributed by atoms with Crippen LogP contribution in [0, 0.1) is 0 Å². The third-order valence-electron chi connectivity index (χ3n) is 6.14. The molecule has 2 heterocycles. The molecule has 35 heavy (non-hydrogen) atoms. The summed E-state index contributed by atoms with van der Waals surface area (Å²) < 4.78 is 86.8. The SMILES string of the molecule is C[C@@]1(c2ccc(C(F)(F)F)cc2CCCF)CCOc2cc(S(=O)(=O)Nc3cccnn3)ccc21. The van der Waals surface area contributed by atoms with Crippen molar-refractivity contribution < 1.29 is 30.7 Å². The minimum absolute atomic E-state index is 0.0539. The molecule has 11 heteroatoms. The van der Waals surface area contributed by atoms with Gasteiger partial charge >= 0.3 is 6.18 Å². The molecule has 0 fully saturated rings. The Kier molecular flexibility index (Phi) is 6.72. The van der Waals surface area contributed by atoms with Crippen LogP contribution in [-0.4, -0.2) is 31.9 Å². The first-order valence-corrected chi connectivity index (χ1v) is 12.4. The van der Waals surface area contributed by atoms with Crippen LogP contribution >= 0.6 is 0 Å². The molecule has 186 valence electrons. The van der Waals surface area contributed by atoms with Crippen LogP contribution < -0.4 is 9.46 Å². The maximum Gasteiger partial charge on any atom is 0.416 e. The second kappa shape index (κ2) is 9.44. The number of nitrogens with one attached hydrogen (secondary N) is 1. The maximum atomic E-state index is 13.3. The first-order valence-electron chi connectivity index (χ1n) is 10.9. The summed E-state index contributed by atoms with van der Waals surface area (Å²) in [4.78, 5) is -0.0591. The Morgan fingerprint density at radius 2 is 1.89 bits per heavy atom. The second-order valence-corrected chi connectivity index (χ2v) is 10.1. The molecular weight excluding hydrogens is 486 g/mol. The van der Waals surface area contributed by atoms with Crippen molar-refractivity contribution in [2.75, 3.05) is 18.0 Å². The Bertz CT molecular complexity index is 1320. The molecule has 1 aliphatic heterocycles. The number of rotatable bonds is 7. The number of hydrogen-bond acceptors (Lipinski definition) is 5. The van der Waals surface area contributed by atoms with Crippen molar-refractivity contribution in [3.05, 3.63) is 77.0 Å². The molecule has 1 atom stereocenters. The van der Waals surface area contributed by atoms with Crippen LogP contribution in [0.2, 0.25) is 0 Å². The van der Waals surface area contributed by atoms with Crippen molar-refractivity contribution in [3.63, 3.8) is 0 Å². The lowest BCUT2D eigenvalue weighted by Crippen LogP contribution is -2.32. The van der Waals surface area contributed by atoms with E-state index in [4.69, 9.17) is 4.74 Å². The summed E-state index contributed by atoms with van der Waals surface area (Å²) in [6.07, 6.45) is -2.40. The number of alkyl halides is 4. The van der Waals surface area contributed by atoms with Crippen LogP contribution in [0.25, 0.3) is 0 Å². The molecule has 0 bridgehead atoms. The fraction of sp³-hybridized carbons (Fsp3) is 0.333. The topological polar surface area (TPSA) is 81.2 Å². The van der Waals surface area contributed by atoms with Gasteiger partial charge in [0.1, 0.15) is 5.75 Å². The monoisotopic (exact) mass is 509 g/mol. The average Bonchev–Trinajstić information content (AvgIpc) is 2.82. The van der Waals surface area contributed by atoms with Gasteiger partial charge in [-0.2, -0.15) is 18.3 Å². The van der Waals surface area contributed by atoms with E-state index in [1.165, 1.54) is 36.5 Å². The van der Waals surface area contributed by atoms with Crippen LogP contribution in [0.1, 0.15) is 42.0 Å². The summed E-state index contributed by atoms with van der Waals surface area (Å²) >= 11 is 0. The molecule has 0 spiro atoms. The Morgan fingerprint density at radius 3 is 2.57 bits per heavy atom. The van der Waals surface area contributed by atoms with E-state index in [-0.39, 0.29) is 30.2 Å². The van der Waals surface area contributed by atoms with Gasteiger partial charge in [-0.25, -0.2) is 8.42 Å². The predicted molar refractivity (Wildman–Crippen MR) is 122 cm³/mol. The normalized spacial score (nSPS) is 18.0. The van der Waals surface area contributed by atoms with Gasteiger partial charge in [0.05, 0.1) is 23.7 Å². The number of halogens is 4. The van der Waals surface area contributed by atoms with Gasteiger partial charge < -0.3 is 4.74 Å². The van der Waals surface area contributed by atoms with Crippen molar-refractivity contribution in [2.45, 2.75) is 42.7 Å². The van der Waals surface area contributed by atoms with Gasteiger partial charge in [-0.15, -0.1) is 5.10 Å². The number of aromatic nitrogens is 2. The lowest BCUT2D eigenvalue weighted by Gasteiger charge is -2.38. The molecular formula is C24H23F4N3O3S. The number of fused-ring (bicyclic) bond motifs is 1. The zero-order valence-corrected chi connectivity index (χ0v) is 19.6. The highest BCUT2D eigenvalue weighted by molar-refractivity contribution is 7.92. The highest BCUT2D eigenvalue weighted by atomic mass is 32.2. The lowest BCUT2D eigenvalue weighted by molar-refractivity contribution is -0.137.